The maximum absolute atomic E-state index is 13.5. The van der Waals surface area contributed by atoms with Gasteiger partial charge in [-0.15, -0.1) is 0 Å². The van der Waals surface area contributed by atoms with Crippen molar-refractivity contribution in [3.05, 3.63) is 93.6 Å². The highest BCUT2D eigenvalue weighted by Gasteiger charge is 2.48. The number of ether oxygens (including phenoxy) is 1. The van der Waals surface area contributed by atoms with Gasteiger partial charge < -0.3 is 9.84 Å². The van der Waals surface area contributed by atoms with Gasteiger partial charge in [-0.25, -0.2) is 4.98 Å². The summed E-state index contributed by atoms with van der Waals surface area (Å²) in [7, 11) is 0. The predicted octanol–water partition coefficient (Wildman–Crippen LogP) is 6.17. The standard InChI is InChI=1S/C30H26N2O4S/c1-15-5-7-19(8-6-15)26-24(27(33)20-9-10-22-21(14-20)13-18(4)36-22)28(34)29(35)32(26)30-31-25-17(3)11-16(2)12-23(25)37-30/h5-12,14,18,26,33H,13H2,1-4H3/b27-24+. The summed E-state index contributed by atoms with van der Waals surface area (Å²) in [6.07, 6.45) is 0.771. The van der Waals surface area contributed by atoms with E-state index in [2.05, 4.69) is 6.07 Å². The molecular weight excluding hydrogens is 484 g/mol. The first kappa shape index (κ1) is 23.4. The number of nitrogens with zero attached hydrogens (tertiary/aromatic N) is 2. The molecule has 7 heteroatoms. The number of aromatic nitrogens is 1. The predicted molar refractivity (Wildman–Crippen MR) is 145 cm³/mol. The Labute approximate surface area is 218 Å². The van der Waals surface area contributed by atoms with Crippen LogP contribution in [-0.4, -0.2) is 27.9 Å². The lowest BCUT2D eigenvalue weighted by atomic mass is 9.94. The zero-order valence-electron chi connectivity index (χ0n) is 21.0. The smallest absolute Gasteiger partial charge is 0.301 e. The number of ketones is 1. The van der Waals surface area contributed by atoms with Crippen LogP contribution in [0.5, 0.6) is 5.75 Å². The van der Waals surface area contributed by atoms with Gasteiger partial charge in [0.05, 0.1) is 21.8 Å². The number of aryl methyl sites for hydroxylation is 3. The molecule has 2 atom stereocenters. The fourth-order valence-electron chi connectivity index (χ4n) is 5.28. The second-order valence-corrected chi connectivity index (χ2v) is 11.0. The quantitative estimate of drug-likeness (QED) is 0.203. The monoisotopic (exact) mass is 510 g/mol. The molecular formula is C30H26N2O4S. The number of benzene rings is 3. The lowest BCUT2D eigenvalue weighted by Crippen LogP contribution is -2.29. The molecule has 1 aromatic heterocycles. The third kappa shape index (κ3) is 3.81. The van der Waals surface area contributed by atoms with Crippen molar-refractivity contribution < 1.29 is 19.4 Å². The molecule has 3 aromatic carbocycles. The van der Waals surface area contributed by atoms with Crippen molar-refractivity contribution in [2.24, 2.45) is 0 Å². The van der Waals surface area contributed by atoms with Crippen molar-refractivity contribution in [3.8, 4) is 5.75 Å². The van der Waals surface area contributed by atoms with Crippen molar-refractivity contribution in [3.63, 3.8) is 0 Å². The lowest BCUT2D eigenvalue weighted by Gasteiger charge is -2.23. The first-order valence-electron chi connectivity index (χ1n) is 12.3. The number of hydrogen-bond donors (Lipinski definition) is 1. The van der Waals surface area contributed by atoms with Crippen LogP contribution in [0.1, 0.15) is 46.3 Å². The highest BCUT2D eigenvalue weighted by atomic mass is 32.1. The average molecular weight is 511 g/mol. The molecule has 37 heavy (non-hydrogen) atoms. The normalized spacial score (nSPS) is 20.5. The molecule has 0 radical (unpaired) electrons. The number of anilines is 1. The molecule has 1 amide bonds. The highest BCUT2D eigenvalue weighted by Crippen LogP contribution is 2.45. The second kappa shape index (κ2) is 8.56. The number of aliphatic hydroxyl groups is 1. The molecule has 3 heterocycles. The summed E-state index contributed by atoms with van der Waals surface area (Å²) in [6.45, 7) is 7.98. The van der Waals surface area contributed by atoms with Crippen molar-refractivity contribution in [1.82, 2.24) is 4.98 Å². The Morgan fingerprint density at radius 3 is 2.54 bits per heavy atom. The summed E-state index contributed by atoms with van der Waals surface area (Å²) in [5.74, 6) is -0.833. The number of hydrogen-bond acceptors (Lipinski definition) is 6. The second-order valence-electron chi connectivity index (χ2n) is 9.96. The van der Waals surface area contributed by atoms with Gasteiger partial charge in [-0.2, -0.15) is 0 Å². The van der Waals surface area contributed by atoms with Crippen molar-refractivity contribution in [2.75, 3.05) is 4.90 Å². The van der Waals surface area contributed by atoms with Gasteiger partial charge in [-0.05, 0) is 74.2 Å². The zero-order chi connectivity index (χ0) is 26.0. The summed E-state index contributed by atoms with van der Waals surface area (Å²) >= 11 is 1.38. The van der Waals surface area contributed by atoms with Gasteiger partial charge in [0.1, 0.15) is 17.6 Å². The molecule has 4 aromatic rings. The van der Waals surface area contributed by atoms with Crippen molar-refractivity contribution >= 4 is 44.1 Å². The lowest BCUT2D eigenvalue weighted by molar-refractivity contribution is -0.132. The molecule has 1 fully saturated rings. The minimum absolute atomic E-state index is 0.0525. The van der Waals surface area contributed by atoms with E-state index in [0.29, 0.717) is 10.7 Å². The zero-order valence-corrected chi connectivity index (χ0v) is 21.8. The Balaban J connectivity index is 1.54. The number of rotatable bonds is 3. The summed E-state index contributed by atoms with van der Waals surface area (Å²) in [5, 5.41) is 11.9. The molecule has 2 aliphatic rings. The fraction of sp³-hybridized carbons (Fsp3) is 0.233. The molecule has 6 nitrogen and oxygen atoms in total. The van der Waals surface area contributed by atoms with Crippen LogP contribution in [0.25, 0.3) is 16.0 Å². The molecule has 0 saturated carbocycles. The van der Waals surface area contributed by atoms with Gasteiger partial charge >= 0.3 is 5.91 Å². The Morgan fingerprint density at radius 2 is 1.78 bits per heavy atom. The van der Waals surface area contributed by atoms with Gasteiger partial charge in [-0.1, -0.05) is 47.2 Å². The Bertz CT molecular complexity index is 1630. The molecule has 2 unspecified atom stereocenters. The van der Waals surface area contributed by atoms with Crippen LogP contribution in [-0.2, 0) is 16.0 Å². The number of aliphatic hydroxyl groups excluding tert-OH is 1. The molecule has 0 aliphatic carbocycles. The Morgan fingerprint density at radius 1 is 1.03 bits per heavy atom. The number of amides is 1. The van der Waals surface area contributed by atoms with Crippen molar-refractivity contribution in [2.45, 2.75) is 46.3 Å². The minimum atomic E-state index is -0.800. The van der Waals surface area contributed by atoms with Gasteiger partial charge in [0.2, 0.25) is 0 Å². The van der Waals surface area contributed by atoms with E-state index in [1.54, 1.807) is 6.07 Å². The minimum Gasteiger partial charge on any atom is -0.507 e. The van der Waals surface area contributed by atoms with Crippen molar-refractivity contribution in [1.29, 1.82) is 0 Å². The van der Waals surface area contributed by atoms with E-state index in [0.717, 1.165) is 50.2 Å². The van der Waals surface area contributed by atoms with Crippen LogP contribution >= 0.6 is 11.3 Å². The van der Waals surface area contributed by atoms with E-state index in [1.807, 2.05) is 70.2 Å². The molecule has 0 bridgehead atoms. The van der Waals surface area contributed by atoms with Gasteiger partial charge in [0.25, 0.3) is 5.78 Å². The van der Waals surface area contributed by atoms with E-state index in [1.165, 1.54) is 16.2 Å². The van der Waals surface area contributed by atoms with Gasteiger partial charge in [-0.3, -0.25) is 14.5 Å². The molecule has 0 spiro atoms. The number of carbonyl (C=O) groups is 2. The number of fused-ring (bicyclic) bond motifs is 2. The van der Waals surface area contributed by atoms with Crippen LogP contribution in [0.2, 0.25) is 0 Å². The number of carbonyl (C=O) groups excluding carboxylic acids is 2. The summed E-state index contributed by atoms with van der Waals surface area (Å²) in [5.41, 5.74) is 6.23. The topological polar surface area (TPSA) is 79.7 Å². The third-order valence-electron chi connectivity index (χ3n) is 7.03. The highest BCUT2D eigenvalue weighted by molar-refractivity contribution is 7.22. The maximum Gasteiger partial charge on any atom is 0.301 e. The van der Waals surface area contributed by atoms with E-state index in [9.17, 15) is 14.7 Å². The average Bonchev–Trinajstić information content (AvgIpc) is 3.52. The molecule has 186 valence electrons. The van der Waals surface area contributed by atoms with Crippen LogP contribution < -0.4 is 9.64 Å². The molecule has 2 aliphatic heterocycles. The number of thiazole rings is 1. The fourth-order valence-corrected chi connectivity index (χ4v) is 6.45. The third-order valence-corrected chi connectivity index (χ3v) is 8.03. The van der Waals surface area contributed by atoms with Crippen LogP contribution in [0.4, 0.5) is 5.13 Å². The largest absolute Gasteiger partial charge is 0.507 e. The van der Waals surface area contributed by atoms with Crippen LogP contribution in [0.15, 0.2) is 60.2 Å². The van der Waals surface area contributed by atoms with E-state index in [-0.39, 0.29) is 17.4 Å². The van der Waals surface area contributed by atoms with Gasteiger partial charge in [0, 0.05) is 12.0 Å². The van der Waals surface area contributed by atoms with E-state index >= 15 is 0 Å². The molecule has 6 rings (SSSR count). The first-order valence-corrected chi connectivity index (χ1v) is 13.1. The van der Waals surface area contributed by atoms with Crippen LogP contribution in [0, 0.1) is 20.8 Å². The van der Waals surface area contributed by atoms with E-state index in [4.69, 9.17) is 9.72 Å². The Kier molecular flexibility index (Phi) is 5.42. The van der Waals surface area contributed by atoms with E-state index < -0.39 is 17.7 Å². The SMILES string of the molecule is Cc1ccc(C2/C(=C(\O)c3ccc4c(c3)CC(C)O4)C(=O)C(=O)N2c2nc3c(C)cc(C)cc3s2)cc1. The Hall–Kier alpha value is -3.97. The number of Topliss-reactive ketones (excluding diaryl/α,β-unsaturated/α-hetero) is 1. The molecule has 1 saturated heterocycles. The summed E-state index contributed by atoms with van der Waals surface area (Å²) in [6, 6.07) is 16.3. The molecule has 1 N–H and O–H groups in total. The van der Waals surface area contributed by atoms with Gasteiger partial charge in [0.15, 0.2) is 5.13 Å². The maximum atomic E-state index is 13.5. The first-order chi connectivity index (χ1) is 17.7. The summed E-state index contributed by atoms with van der Waals surface area (Å²) in [4.78, 5) is 33.3. The van der Waals surface area contributed by atoms with Crippen LogP contribution in [0.3, 0.4) is 0 Å². The summed E-state index contributed by atoms with van der Waals surface area (Å²) < 4.78 is 6.74.